The van der Waals surface area contributed by atoms with Crippen molar-refractivity contribution in [2.24, 2.45) is 0 Å². The van der Waals surface area contributed by atoms with Gasteiger partial charge in [0.1, 0.15) is 13.8 Å². The number of pyridine rings is 1. The molecule has 0 bridgehead atoms. The molecule has 0 atom stereocenters. The van der Waals surface area contributed by atoms with E-state index in [1.54, 1.807) is 6.20 Å². The molecule has 1 nitrogen and oxygen atoms in total. The highest BCUT2D eigenvalue weighted by Gasteiger charge is 2.09. The molecule has 0 saturated heterocycles. The van der Waals surface area contributed by atoms with E-state index in [-0.39, 0.29) is 0 Å². The first-order valence-electron chi connectivity index (χ1n) is 6.30. The Hall–Kier alpha value is -1.27. The van der Waals surface area contributed by atoms with Crippen LogP contribution in [0.5, 0.6) is 0 Å². The maximum Gasteiger partial charge on any atom is 0.131 e. The molecular weight excluding hydrogens is 305 g/mol. The van der Waals surface area contributed by atoms with Gasteiger partial charge in [-0.25, -0.2) is 4.98 Å². The molecule has 0 saturated carbocycles. The van der Waals surface area contributed by atoms with Crippen molar-refractivity contribution in [3.63, 3.8) is 0 Å². The van der Waals surface area contributed by atoms with Crippen LogP contribution in [0.2, 0.25) is 29.7 Å². The average molecular weight is 320 g/mol. The molecule has 0 amide bonds. The van der Waals surface area contributed by atoms with Gasteiger partial charge in [0, 0.05) is 16.8 Å². The van der Waals surface area contributed by atoms with Gasteiger partial charge < -0.3 is 0 Å². The molecule has 1 heterocycles. The lowest BCUT2D eigenvalue weighted by atomic mass is 10.1. The lowest BCUT2D eigenvalue weighted by Crippen LogP contribution is -2.16. The van der Waals surface area contributed by atoms with Crippen molar-refractivity contribution in [3.05, 3.63) is 52.3 Å². The maximum absolute atomic E-state index is 6.26. The van der Waals surface area contributed by atoms with Crippen LogP contribution in [0.15, 0.2) is 36.5 Å². The minimum atomic E-state index is -1.42. The van der Waals surface area contributed by atoms with Gasteiger partial charge >= 0.3 is 0 Å². The van der Waals surface area contributed by atoms with Crippen LogP contribution in [0.3, 0.4) is 0 Å². The van der Waals surface area contributed by atoms with Crippen molar-refractivity contribution < 1.29 is 0 Å². The standard InChI is InChI=1S/C16H15Cl2NSi/c1-20(2,3)9-8-16-15(18)10-13(11-19-16)12-4-6-14(17)7-5-12/h4-7,10-11H,1-3H3. The number of nitrogens with zero attached hydrogens (tertiary/aromatic N) is 1. The largest absolute Gasteiger partial charge is 0.246 e. The third kappa shape index (κ3) is 4.11. The van der Waals surface area contributed by atoms with Gasteiger partial charge in [-0.15, -0.1) is 5.54 Å². The Kier molecular flexibility index (Phi) is 4.54. The molecule has 0 aliphatic heterocycles. The maximum atomic E-state index is 6.26. The number of halogens is 2. The summed E-state index contributed by atoms with van der Waals surface area (Å²) in [5.74, 6) is 3.09. The van der Waals surface area contributed by atoms with Crippen LogP contribution in [0, 0.1) is 11.5 Å². The zero-order valence-electron chi connectivity index (χ0n) is 11.7. The van der Waals surface area contributed by atoms with Gasteiger partial charge in [-0.1, -0.05) is 60.9 Å². The fourth-order valence-electron chi connectivity index (χ4n) is 1.58. The fourth-order valence-corrected chi connectivity index (χ4v) is 2.41. The number of rotatable bonds is 1. The highest BCUT2D eigenvalue weighted by atomic mass is 35.5. The topological polar surface area (TPSA) is 12.9 Å². The number of aromatic nitrogens is 1. The fraction of sp³-hybridized carbons (Fsp3) is 0.188. The van der Waals surface area contributed by atoms with Gasteiger partial charge in [-0.3, -0.25) is 0 Å². The number of benzene rings is 1. The number of hydrogen-bond donors (Lipinski definition) is 0. The summed E-state index contributed by atoms with van der Waals surface area (Å²) in [6.07, 6.45) is 1.79. The van der Waals surface area contributed by atoms with E-state index in [2.05, 4.69) is 36.1 Å². The summed E-state index contributed by atoms with van der Waals surface area (Å²) in [6, 6.07) is 9.49. The van der Waals surface area contributed by atoms with Gasteiger partial charge in [0.25, 0.3) is 0 Å². The Morgan fingerprint density at radius 2 is 1.65 bits per heavy atom. The molecule has 1 aromatic heterocycles. The zero-order chi connectivity index (χ0) is 14.8. The van der Waals surface area contributed by atoms with Crippen molar-refractivity contribution >= 4 is 31.3 Å². The van der Waals surface area contributed by atoms with Gasteiger partial charge in [0.15, 0.2) is 0 Å². The minimum Gasteiger partial charge on any atom is -0.246 e. The molecule has 2 rings (SSSR count). The van der Waals surface area contributed by atoms with Crippen LogP contribution in [-0.4, -0.2) is 13.1 Å². The monoisotopic (exact) mass is 319 g/mol. The van der Waals surface area contributed by atoms with Crippen molar-refractivity contribution in [1.29, 1.82) is 0 Å². The quantitative estimate of drug-likeness (QED) is 0.514. The van der Waals surface area contributed by atoms with Crippen LogP contribution in [-0.2, 0) is 0 Å². The first kappa shape index (κ1) is 15.1. The van der Waals surface area contributed by atoms with Crippen LogP contribution in [0.1, 0.15) is 5.69 Å². The van der Waals surface area contributed by atoms with Gasteiger partial charge in [0.2, 0.25) is 0 Å². The highest BCUT2D eigenvalue weighted by molar-refractivity contribution is 6.83. The summed E-state index contributed by atoms with van der Waals surface area (Å²) in [4.78, 5) is 4.36. The normalized spacial score (nSPS) is 10.8. The van der Waals surface area contributed by atoms with Crippen LogP contribution in [0.4, 0.5) is 0 Å². The number of hydrogen-bond acceptors (Lipinski definition) is 1. The summed E-state index contributed by atoms with van der Waals surface area (Å²) >= 11 is 12.1. The first-order chi connectivity index (χ1) is 9.35. The molecule has 1 aromatic carbocycles. The molecule has 0 aliphatic rings. The molecule has 0 radical (unpaired) electrons. The van der Waals surface area contributed by atoms with Crippen molar-refractivity contribution in [2.45, 2.75) is 19.6 Å². The second-order valence-electron chi connectivity index (χ2n) is 5.56. The van der Waals surface area contributed by atoms with Crippen LogP contribution in [0.25, 0.3) is 11.1 Å². The molecular formula is C16H15Cl2NSi. The van der Waals surface area contributed by atoms with Crippen LogP contribution >= 0.6 is 23.2 Å². The molecule has 0 aliphatic carbocycles. The van der Waals surface area contributed by atoms with E-state index in [4.69, 9.17) is 23.2 Å². The summed E-state index contributed by atoms with van der Waals surface area (Å²) < 4.78 is 0. The summed E-state index contributed by atoms with van der Waals surface area (Å²) in [5.41, 5.74) is 5.91. The SMILES string of the molecule is C[Si](C)(C)C#Cc1ncc(-c2ccc(Cl)cc2)cc1Cl. The predicted octanol–water partition coefficient (Wildman–Crippen LogP) is 5.28. The molecule has 2 aromatic rings. The van der Waals surface area contributed by atoms with Crippen molar-refractivity contribution in [2.75, 3.05) is 0 Å². The Bertz CT molecular complexity index is 676. The second kappa shape index (κ2) is 6.01. The molecule has 0 fully saturated rings. The van der Waals surface area contributed by atoms with E-state index in [1.165, 1.54) is 0 Å². The smallest absolute Gasteiger partial charge is 0.131 e. The van der Waals surface area contributed by atoms with E-state index < -0.39 is 8.07 Å². The highest BCUT2D eigenvalue weighted by Crippen LogP contribution is 2.24. The Labute approximate surface area is 131 Å². The van der Waals surface area contributed by atoms with Gasteiger partial charge in [-0.2, -0.15) is 0 Å². The molecule has 0 unspecified atom stereocenters. The zero-order valence-corrected chi connectivity index (χ0v) is 14.2. The first-order valence-corrected chi connectivity index (χ1v) is 10.6. The third-order valence-electron chi connectivity index (χ3n) is 2.57. The lowest BCUT2D eigenvalue weighted by molar-refractivity contribution is 1.29. The van der Waals surface area contributed by atoms with E-state index >= 15 is 0 Å². The van der Waals surface area contributed by atoms with Crippen LogP contribution < -0.4 is 0 Å². The molecule has 4 heteroatoms. The predicted molar refractivity (Wildman–Crippen MR) is 89.9 cm³/mol. The Balaban J connectivity index is 2.34. The molecule has 20 heavy (non-hydrogen) atoms. The van der Waals surface area contributed by atoms with Crippen molar-refractivity contribution in [1.82, 2.24) is 4.98 Å². The summed E-state index contributed by atoms with van der Waals surface area (Å²) in [7, 11) is -1.42. The van der Waals surface area contributed by atoms with E-state index in [1.807, 2.05) is 30.3 Å². The Morgan fingerprint density at radius 3 is 2.20 bits per heavy atom. The van der Waals surface area contributed by atoms with Gasteiger partial charge in [0.05, 0.1) is 5.02 Å². The van der Waals surface area contributed by atoms with E-state index in [0.717, 1.165) is 11.1 Å². The van der Waals surface area contributed by atoms with E-state index in [0.29, 0.717) is 15.7 Å². The molecule has 0 N–H and O–H groups in total. The third-order valence-corrected chi connectivity index (χ3v) is 3.99. The lowest BCUT2D eigenvalue weighted by Gasteiger charge is -2.05. The summed E-state index contributed by atoms with van der Waals surface area (Å²) in [5, 5.41) is 1.30. The van der Waals surface area contributed by atoms with E-state index in [9.17, 15) is 0 Å². The second-order valence-corrected chi connectivity index (χ2v) is 11.2. The average Bonchev–Trinajstić information content (AvgIpc) is 2.37. The Morgan fingerprint density at radius 1 is 1.00 bits per heavy atom. The molecule has 102 valence electrons. The van der Waals surface area contributed by atoms with Gasteiger partial charge in [-0.05, 0) is 23.8 Å². The van der Waals surface area contributed by atoms with Crippen molar-refractivity contribution in [3.8, 4) is 22.6 Å². The summed E-state index contributed by atoms with van der Waals surface area (Å²) in [6.45, 7) is 6.57. The minimum absolute atomic E-state index is 0.586. The molecule has 0 spiro atoms.